The molecule has 0 spiro atoms. The molecule has 0 unspecified atom stereocenters. The van der Waals surface area contributed by atoms with Crippen LogP contribution in [0.4, 0.5) is 0 Å². The van der Waals surface area contributed by atoms with Crippen molar-refractivity contribution in [2.45, 2.75) is 0 Å². The van der Waals surface area contributed by atoms with Crippen LogP contribution >= 0.6 is 0 Å². The number of hydrogen-bond acceptors (Lipinski definition) is 4. The normalized spacial score (nSPS) is 11.6. The lowest BCUT2D eigenvalue weighted by atomic mass is 10.1. The largest absolute Gasteiger partial charge is 0.309 e. The number of rotatable bonds is 5. The minimum atomic E-state index is 0.623. The molecular formula is C44H28N6. The first-order chi connectivity index (χ1) is 24.8. The average molecular weight is 641 g/mol. The molecule has 5 aromatic heterocycles. The Labute approximate surface area is 287 Å². The first kappa shape index (κ1) is 28.1. The quantitative estimate of drug-likeness (QED) is 0.188. The smallest absolute Gasteiger partial charge is 0.160 e. The monoisotopic (exact) mass is 640 g/mol. The molecule has 5 heterocycles. The van der Waals surface area contributed by atoms with Gasteiger partial charge in [-0.1, -0.05) is 66.7 Å². The van der Waals surface area contributed by atoms with Crippen molar-refractivity contribution < 1.29 is 0 Å². The van der Waals surface area contributed by atoms with Gasteiger partial charge in [-0.15, -0.1) is 0 Å². The summed E-state index contributed by atoms with van der Waals surface area (Å²) in [7, 11) is 0. The molecule has 10 rings (SSSR count). The molecule has 0 radical (unpaired) electrons. The summed E-state index contributed by atoms with van der Waals surface area (Å²) < 4.78 is 4.75. The summed E-state index contributed by atoms with van der Waals surface area (Å²) in [5.41, 5.74) is 10.9. The zero-order chi connectivity index (χ0) is 33.0. The molecule has 0 aliphatic carbocycles. The van der Waals surface area contributed by atoms with Crippen LogP contribution in [0.25, 0.3) is 89.2 Å². The van der Waals surface area contributed by atoms with Gasteiger partial charge in [-0.2, -0.15) is 0 Å². The first-order valence-corrected chi connectivity index (χ1v) is 16.6. The number of hydrogen-bond donors (Lipinski definition) is 0. The third-order valence-electron chi connectivity index (χ3n) is 9.44. The van der Waals surface area contributed by atoms with Gasteiger partial charge >= 0.3 is 0 Å². The molecular weight excluding hydrogens is 613 g/mol. The zero-order valence-corrected chi connectivity index (χ0v) is 26.8. The van der Waals surface area contributed by atoms with E-state index in [1.807, 2.05) is 42.5 Å². The Balaban J connectivity index is 1.16. The van der Waals surface area contributed by atoms with E-state index in [-0.39, 0.29) is 0 Å². The summed E-state index contributed by atoms with van der Waals surface area (Å²) >= 11 is 0. The molecule has 0 aliphatic heterocycles. The van der Waals surface area contributed by atoms with Gasteiger partial charge in [0.05, 0.1) is 44.8 Å². The van der Waals surface area contributed by atoms with Crippen LogP contribution < -0.4 is 0 Å². The Morgan fingerprint density at radius 2 is 0.820 bits per heavy atom. The molecule has 0 fully saturated rings. The zero-order valence-electron chi connectivity index (χ0n) is 26.8. The van der Waals surface area contributed by atoms with Crippen molar-refractivity contribution in [1.82, 2.24) is 29.1 Å². The van der Waals surface area contributed by atoms with Crippen LogP contribution in [0.15, 0.2) is 170 Å². The van der Waals surface area contributed by atoms with Crippen LogP contribution in [-0.2, 0) is 0 Å². The van der Waals surface area contributed by atoms with Gasteiger partial charge < -0.3 is 9.13 Å². The topological polar surface area (TPSA) is 61.4 Å². The summed E-state index contributed by atoms with van der Waals surface area (Å²) in [5.74, 6) is 0.623. The molecule has 0 saturated carbocycles. The number of aromatic nitrogens is 6. The Morgan fingerprint density at radius 3 is 1.34 bits per heavy atom. The lowest BCUT2D eigenvalue weighted by molar-refractivity contribution is 1.14. The highest BCUT2D eigenvalue weighted by molar-refractivity contribution is 6.19. The predicted molar refractivity (Wildman–Crippen MR) is 203 cm³/mol. The average Bonchev–Trinajstić information content (AvgIpc) is 3.70. The van der Waals surface area contributed by atoms with Gasteiger partial charge in [-0.05, 0) is 91.0 Å². The Kier molecular flexibility index (Phi) is 6.39. The van der Waals surface area contributed by atoms with Crippen LogP contribution in [0, 0.1) is 0 Å². The van der Waals surface area contributed by atoms with Crippen molar-refractivity contribution >= 4 is 43.6 Å². The molecule has 6 nitrogen and oxygen atoms in total. The highest BCUT2D eigenvalue weighted by Gasteiger charge is 2.19. The van der Waals surface area contributed by atoms with Crippen molar-refractivity contribution in [2.75, 3.05) is 0 Å². The number of pyridine rings is 2. The summed E-state index contributed by atoms with van der Waals surface area (Å²) in [5, 5.41) is 4.88. The summed E-state index contributed by atoms with van der Waals surface area (Å²) in [6.45, 7) is 0. The molecule has 0 saturated heterocycles. The second kappa shape index (κ2) is 11.4. The van der Waals surface area contributed by atoms with Gasteiger partial charge in [0, 0.05) is 50.9 Å². The molecule has 0 amide bonds. The van der Waals surface area contributed by atoms with E-state index in [0.717, 1.165) is 50.7 Å². The Morgan fingerprint density at radius 1 is 0.340 bits per heavy atom. The van der Waals surface area contributed by atoms with Gasteiger partial charge in [0.2, 0.25) is 0 Å². The molecule has 6 heteroatoms. The van der Waals surface area contributed by atoms with E-state index in [1.54, 1.807) is 12.4 Å². The number of fused-ring (bicyclic) bond motifs is 6. The predicted octanol–water partition coefficient (Wildman–Crippen LogP) is 10.5. The van der Waals surface area contributed by atoms with E-state index in [0.29, 0.717) is 5.82 Å². The maximum absolute atomic E-state index is 4.97. The number of nitrogens with zero attached hydrogens (tertiary/aromatic N) is 6. The maximum atomic E-state index is 4.97. The van der Waals surface area contributed by atoms with Crippen molar-refractivity contribution in [3.05, 3.63) is 170 Å². The van der Waals surface area contributed by atoms with Crippen molar-refractivity contribution in [3.63, 3.8) is 0 Å². The molecule has 0 aliphatic rings. The minimum Gasteiger partial charge on any atom is -0.309 e. The summed E-state index contributed by atoms with van der Waals surface area (Å²) in [6.07, 6.45) is 3.57. The second-order valence-corrected chi connectivity index (χ2v) is 12.4. The van der Waals surface area contributed by atoms with E-state index in [1.165, 1.54) is 32.6 Å². The Bertz CT molecular complexity index is 2780. The molecule has 0 atom stereocenters. The third-order valence-corrected chi connectivity index (χ3v) is 9.44. The Hall–Kier alpha value is -6.92. The van der Waals surface area contributed by atoms with Crippen molar-refractivity contribution in [2.24, 2.45) is 0 Å². The van der Waals surface area contributed by atoms with Crippen LogP contribution in [-0.4, -0.2) is 29.1 Å². The number of benzene rings is 5. The van der Waals surface area contributed by atoms with Gasteiger partial charge in [0.1, 0.15) is 0 Å². The van der Waals surface area contributed by atoms with Gasteiger partial charge in [-0.25, -0.2) is 9.97 Å². The van der Waals surface area contributed by atoms with Gasteiger partial charge in [-0.3, -0.25) is 9.97 Å². The maximum Gasteiger partial charge on any atom is 0.160 e. The van der Waals surface area contributed by atoms with Crippen LogP contribution in [0.2, 0.25) is 0 Å². The highest BCUT2D eigenvalue weighted by atomic mass is 15.0. The van der Waals surface area contributed by atoms with Crippen LogP contribution in [0.3, 0.4) is 0 Å². The standard InChI is InChI=1S/C44H28N6/c1-2-12-30(13-3-1)49-40-18-6-4-14-32(40)34-27-43-35(26-42(34)49)33-15-5-7-19-41(33)50(43)31-22-20-29(21-23-31)44-47-38(36-16-8-10-24-45-36)28-39(48-44)37-17-9-11-25-46-37/h1-28H. The number of para-hydroxylation sites is 3. The van der Waals surface area contributed by atoms with E-state index in [2.05, 4.69) is 134 Å². The minimum absolute atomic E-state index is 0.623. The fourth-order valence-corrected chi connectivity index (χ4v) is 7.19. The fourth-order valence-electron chi connectivity index (χ4n) is 7.19. The van der Waals surface area contributed by atoms with E-state index in [9.17, 15) is 0 Å². The fraction of sp³-hybridized carbons (Fsp3) is 0. The van der Waals surface area contributed by atoms with Crippen molar-refractivity contribution in [1.29, 1.82) is 0 Å². The molecule has 0 bridgehead atoms. The SMILES string of the molecule is c1ccc(-n2c3ccccc3c3cc4c(cc32)c2ccccc2n4-c2ccc(-c3nc(-c4ccccn4)cc(-c4ccccn4)n3)cc2)cc1. The molecule has 5 aromatic carbocycles. The summed E-state index contributed by atoms with van der Waals surface area (Å²) in [4.78, 5) is 19.1. The van der Waals surface area contributed by atoms with Crippen molar-refractivity contribution in [3.8, 4) is 45.5 Å². The lowest BCUT2D eigenvalue weighted by Crippen LogP contribution is -1.98. The molecule has 234 valence electrons. The first-order valence-electron chi connectivity index (χ1n) is 16.6. The lowest BCUT2D eigenvalue weighted by Gasteiger charge is -2.11. The summed E-state index contributed by atoms with van der Waals surface area (Å²) in [6, 6.07) is 54.9. The van der Waals surface area contributed by atoms with Gasteiger partial charge in [0.25, 0.3) is 0 Å². The molecule has 0 N–H and O–H groups in total. The third kappa shape index (κ3) is 4.50. The molecule has 50 heavy (non-hydrogen) atoms. The van der Waals surface area contributed by atoms with E-state index in [4.69, 9.17) is 9.97 Å². The van der Waals surface area contributed by atoms with Gasteiger partial charge in [0.15, 0.2) is 5.82 Å². The second-order valence-electron chi connectivity index (χ2n) is 12.4. The molecule has 10 aromatic rings. The van der Waals surface area contributed by atoms with Crippen LogP contribution in [0.5, 0.6) is 0 Å². The van der Waals surface area contributed by atoms with Crippen LogP contribution in [0.1, 0.15) is 0 Å². The highest BCUT2D eigenvalue weighted by Crippen LogP contribution is 2.39. The van der Waals surface area contributed by atoms with E-state index < -0.39 is 0 Å². The van der Waals surface area contributed by atoms with E-state index >= 15 is 0 Å².